The maximum Gasteiger partial charge on any atom is 0.254 e. The first-order valence-corrected chi connectivity index (χ1v) is 9.00. The van der Waals surface area contributed by atoms with Gasteiger partial charge in [0.1, 0.15) is 0 Å². The van der Waals surface area contributed by atoms with Crippen LogP contribution in [0.15, 0.2) is 29.2 Å². The third kappa shape index (κ3) is 5.00. The molecule has 23 heavy (non-hydrogen) atoms. The van der Waals surface area contributed by atoms with E-state index in [2.05, 4.69) is 4.72 Å². The van der Waals surface area contributed by atoms with Crippen molar-refractivity contribution in [2.45, 2.75) is 4.90 Å². The number of hydrogen-bond acceptors (Lipinski definition) is 5. The van der Waals surface area contributed by atoms with Gasteiger partial charge in [0.05, 0.1) is 18.1 Å². The molecule has 0 spiro atoms. The SMILES string of the molecule is CN(C)CCNS(=O)(=O)c1ccc(C(=O)N2CCOCC2)cc1. The monoisotopic (exact) mass is 341 g/mol. The van der Waals surface area contributed by atoms with Gasteiger partial charge in [0.15, 0.2) is 0 Å². The van der Waals surface area contributed by atoms with Crippen LogP contribution in [0.25, 0.3) is 0 Å². The second-order valence-corrected chi connectivity index (χ2v) is 7.40. The molecule has 0 saturated carbocycles. The first-order valence-electron chi connectivity index (χ1n) is 7.51. The topological polar surface area (TPSA) is 79.0 Å². The van der Waals surface area contributed by atoms with Crippen molar-refractivity contribution in [1.82, 2.24) is 14.5 Å². The van der Waals surface area contributed by atoms with Crippen LogP contribution in [0.5, 0.6) is 0 Å². The van der Waals surface area contributed by atoms with Crippen molar-refractivity contribution in [3.63, 3.8) is 0 Å². The average molecular weight is 341 g/mol. The number of sulfonamides is 1. The van der Waals surface area contributed by atoms with Crippen LogP contribution in [-0.4, -0.2) is 77.6 Å². The Hall–Kier alpha value is -1.48. The summed E-state index contributed by atoms with van der Waals surface area (Å²) in [5.74, 6) is -0.0992. The zero-order valence-corrected chi connectivity index (χ0v) is 14.3. The standard InChI is InChI=1S/C15H23N3O4S/c1-17(2)8-7-16-23(20,21)14-5-3-13(4-6-14)15(19)18-9-11-22-12-10-18/h3-6,16H,7-12H2,1-2H3. The molecule has 1 aliphatic heterocycles. The molecule has 128 valence electrons. The Morgan fingerprint density at radius 2 is 1.83 bits per heavy atom. The first kappa shape index (κ1) is 17.9. The molecule has 1 aliphatic rings. The number of nitrogens with one attached hydrogen (secondary N) is 1. The summed E-state index contributed by atoms with van der Waals surface area (Å²) in [5, 5.41) is 0. The summed E-state index contributed by atoms with van der Waals surface area (Å²) in [4.78, 5) is 16.1. The average Bonchev–Trinajstić information content (AvgIpc) is 2.54. The minimum Gasteiger partial charge on any atom is -0.378 e. The van der Waals surface area contributed by atoms with Crippen LogP contribution >= 0.6 is 0 Å². The highest BCUT2D eigenvalue weighted by molar-refractivity contribution is 7.89. The first-order chi connectivity index (χ1) is 10.9. The van der Waals surface area contributed by atoms with Gasteiger partial charge in [0.2, 0.25) is 10.0 Å². The van der Waals surface area contributed by atoms with Gasteiger partial charge in [-0.25, -0.2) is 13.1 Å². The summed E-state index contributed by atoms with van der Waals surface area (Å²) in [6.07, 6.45) is 0. The van der Waals surface area contributed by atoms with E-state index in [4.69, 9.17) is 4.74 Å². The quantitative estimate of drug-likeness (QED) is 0.788. The van der Waals surface area contributed by atoms with Crippen molar-refractivity contribution in [3.05, 3.63) is 29.8 Å². The lowest BCUT2D eigenvalue weighted by Crippen LogP contribution is -2.40. The number of amides is 1. The molecule has 1 fully saturated rings. The maximum absolute atomic E-state index is 12.3. The molecule has 8 heteroatoms. The second kappa shape index (κ2) is 7.87. The molecule has 1 aromatic rings. The fourth-order valence-corrected chi connectivity index (χ4v) is 3.23. The van der Waals surface area contributed by atoms with Crippen LogP contribution in [0, 0.1) is 0 Å². The molecule has 1 heterocycles. The summed E-state index contributed by atoms with van der Waals surface area (Å²) in [5.41, 5.74) is 0.485. The summed E-state index contributed by atoms with van der Waals surface area (Å²) >= 11 is 0. The van der Waals surface area contributed by atoms with E-state index in [1.54, 1.807) is 17.0 Å². The zero-order chi connectivity index (χ0) is 16.9. The number of benzene rings is 1. The maximum atomic E-state index is 12.3. The lowest BCUT2D eigenvalue weighted by atomic mass is 10.2. The molecule has 0 bridgehead atoms. The minimum atomic E-state index is -3.54. The van der Waals surface area contributed by atoms with Gasteiger partial charge in [-0.1, -0.05) is 0 Å². The molecule has 1 amide bonds. The number of hydrogen-bond donors (Lipinski definition) is 1. The molecular formula is C15H23N3O4S. The summed E-state index contributed by atoms with van der Waals surface area (Å²) in [6.45, 7) is 3.15. The van der Waals surface area contributed by atoms with Gasteiger partial charge < -0.3 is 14.5 Å². The number of morpholine rings is 1. The van der Waals surface area contributed by atoms with E-state index in [0.717, 1.165) is 0 Å². The molecule has 0 atom stereocenters. The molecule has 2 rings (SSSR count). The Kier molecular flexibility index (Phi) is 6.11. The third-order valence-electron chi connectivity index (χ3n) is 3.56. The van der Waals surface area contributed by atoms with E-state index in [9.17, 15) is 13.2 Å². The number of rotatable bonds is 6. The molecule has 0 radical (unpaired) electrons. The van der Waals surface area contributed by atoms with Gasteiger partial charge in [-0.15, -0.1) is 0 Å². The van der Waals surface area contributed by atoms with Crippen LogP contribution < -0.4 is 4.72 Å². The normalized spacial score (nSPS) is 15.9. The Morgan fingerprint density at radius 3 is 2.39 bits per heavy atom. The molecular weight excluding hydrogens is 318 g/mol. The van der Waals surface area contributed by atoms with Gasteiger partial charge in [-0.05, 0) is 38.4 Å². The van der Waals surface area contributed by atoms with E-state index in [1.807, 2.05) is 19.0 Å². The summed E-state index contributed by atoms with van der Waals surface area (Å²) in [6, 6.07) is 6.04. The minimum absolute atomic E-state index is 0.0992. The van der Waals surface area contributed by atoms with E-state index in [-0.39, 0.29) is 10.8 Å². The van der Waals surface area contributed by atoms with Crippen molar-refractivity contribution in [1.29, 1.82) is 0 Å². The Balaban J connectivity index is 2.02. The lowest BCUT2D eigenvalue weighted by Gasteiger charge is -2.26. The van der Waals surface area contributed by atoms with Crippen molar-refractivity contribution in [2.24, 2.45) is 0 Å². The van der Waals surface area contributed by atoms with E-state index in [1.165, 1.54) is 12.1 Å². The van der Waals surface area contributed by atoms with Crippen molar-refractivity contribution >= 4 is 15.9 Å². The molecule has 1 saturated heterocycles. The number of carbonyl (C=O) groups excluding carboxylic acids is 1. The summed E-state index contributed by atoms with van der Waals surface area (Å²) < 4.78 is 32.1. The highest BCUT2D eigenvalue weighted by Gasteiger charge is 2.19. The van der Waals surface area contributed by atoms with Gasteiger partial charge in [-0.2, -0.15) is 0 Å². The van der Waals surface area contributed by atoms with Crippen molar-refractivity contribution in [2.75, 3.05) is 53.5 Å². The largest absolute Gasteiger partial charge is 0.378 e. The second-order valence-electron chi connectivity index (χ2n) is 5.63. The van der Waals surface area contributed by atoms with Crippen LogP contribution in [-0.2, 0) is 14.8 Å². The van der Waals surface area contributed by atoms with Gasteiger partial charge >= 0.3 is 0 Å². The smallest absolute Gasteiger partial charge is 0.254 e. The highest BCUT2D eigenvalue weighted by Crippen LogP contribution is 2.13. The van der Waals surface area contributed by atoms with Gasteiger partial charge in [0.25, 0.3) is 5.91 Å². The Labute approximate surface area is 137 Å². The Bertz CT molecular complexity index is 623. The fourth-order valence-electron chi connectivity index (χ4n) is 2.21. The molecule has 7 nitrogen and oxygen atoms in total. The number of nitrogens with zero attached hydrogens (tertiary/aromatic N) is 2. The van der Waals surface area contributed by atoms with E-state index >= 15 is 0 Å². The lowest BCUT2D eigenvalue weighted by molar-refractivity contribution is 0.0303. The number of ether oxygens (including phenoxy) is 1. The fraction of sp³-hybridized carbons (Fsp3) is 0.533. The number of likely N-dealkylation sites (N-methyl/N-ethyl adjacent to an activating group) is 1. The predicted octanol–water partition coefficient (Wildman–Crippen LogP) is -0.00110. The molecule has 0 unspecified atom stereocenters. The van der Waals surface area contributed by atoms with Crippen LogP contribution in [0.4, 0.5) is 0 Å². The van der Waals surface area contributed by atoms with Gasteiger partial charge in [-0.3, -0.25) is 4.79 Å². The van der Waals surface area contributed by atoms with Crippen molar-refractivity contribution in [3.8, 4) is 0 Å². The Morgan fingerprint density at radius 1 is 1.22 bits per heavy atom. The van der Waals surface area contributed by atoms with Crippen LogP contribution in [0.3, 0.4) is 0 Å². The predicted molar refractivity (Wildman–Crippen MR) is 86.9 cm³/mol. The molecule has 1 N–H and O–H groups in total. The van der Waals surface area contributed by atoms with Crippen molar-refractivity contribution < 1.29 is 17.9 Å². The molecule has 0 aliphatic carbocycles. The summed E-state index contributed by atoms with van der Waals surface area (Å²) in [7, 11) is 0.206. The highest BCUT2D eigenvalue weighted by atomic mass is 32.2. The zero-order valence-electron chi connectivity index (χ0n) is 13.5. The molecule has 1 aromatic carbocycles. The van der Waals surface area contributed by atoms with E-state index < -0.39 is 10.0 Å². The molecule has 0 aromatic heterocycles. The number of carbonyl (C=O) groups is 1. The van der Waals surface area contributed by atoms with E-state index in [0.29, 0.717) is 45.0 Å². The van der Waals surface area contributed by atoms with Gasteiger partial charge in [0, 0.05) is 31.7 Å². The van der Waals surface area contributed by atoms with Crippen LogP contribution in [0.1, 0.15) is 10.4 Å². The van der Waals surface area contributed by atoms with Crippen LogP contribution in [0.2, 0.25) is 0 Å². The third-order valence-corrected chi connectivity index (χ3v) is 5.04.